The number of rotatable bonds is 2. The van der Waals surface area contributed by atoms with Gasteiger partial charge >= 0.3 is 6.03 Å². The van der Waals surface area contributed by atoms with Gasteiger partial charge in [0.25, 0.3) is 0 Å². The lowest BCUT2D eigenvalue weighted by Crippen LogP contribution is -2.20. The molecule has 0 fully saturated rings. The molecular weight excluding hydrogens is 237 g/mol. The maximum absolute atomic E-state index is 12.9. The number of aromatic nitrogens is 2. The van der Waals surface area contributed by atoms with Gasteiger partial charge in [-0.05, 0) is 25.1 Å². The van der Waals surface area contributed by atoms with Gasteiger partial charge in [-0.1, -0.05) is 6.07 Å². The van der Waals surface area contributed by atoms with Crippen molar-refractivity contribution in [2.24, 2.45) is 0 Å². The zero-order valence-electron chi connectivity index (χ0n) is 9.62. The first-order valence-corrected chi connectivity index (χ1v) is 5.20. The van der Waals surface area contributed by atoms with Crippen LogP contribution in [0.3, 0.4) is 0 Å². The largest absolute Gasteiger partial charge is 0.394 e. The Morgan fingerprint density at radius 2 is 2.22 bits per heavy atom. The zero-order chi connectivity index (χ0) is 13.1. The summed E-state index contributed by atoms with van der Waals surface area (Å²) >= 11 is 0. The van der Waals surface area contributed by atoms with Crippen LogP contribution in [-0.2, 0) is 0 Å². The molecule has 0 bridgehead atoms. The third-order valence-electron chi connectivity index (χ3n) is 2.31. The van der Waals surface area contributed by atoms with Gasteiger partial charge in [0, 0.05) is 5.69 Å². The number of carbonyl (C=O) groups is 1. The third-order valence-corrected chi connectivity index (χ3v) is 2.31. The van der Waals surface area contributed by atoms with Crippen molar-refractivity contribution in [3.8, 4) is 0 Å². The second-order valence-electron chi connectivity index (χ2n) is 3.70. The zero-order valence-corrected chi connectivity index (χ0v) is 9.62. The molecule has 1 aromatic carbocycles. The summed E-state index contributed by atoms with van der Waals surface area (Å²) in [6.07, 6.45) is 0. The molecule has 0 saturated carbocycles. The Kier molecular flexibility index (Phi) is 3.13. The average molecular weight is 249 g/mol. The van der Waals surface area contributed by atoms with Gasteiger partial charge in [-0.3, -0.25) is 10.4 Å². The Bertz CT molecular complexity index is 581. The number of nitrogens with one attached hydrogen (secondary N) is 3. The van der Waals surface area contributed by atoms with Crippen molar-refractivity contribution >= 4 is 23.2 Å². The fraction of sp³-hybridized carbons (Fsp3) is 0.0909. The van der Waals surface area contributed by atoms with Crippen molar-refractivity contribution in [1.82, 2.24) is 10.2 Å². The quantitative estimate of drug-likeness (QED) is 0.656. The number of halogens is 1. The summed E-state index contributed by atoms with van der Waals surface area (Å²) in [6.45, 7) is 1.73. The second-order valence-corrected chi connectivity index (χ2v) is 3.70. The lowest BCUT2D eigenvalue weighted by Gasteiger charge is -2.06. The summed E-state index contributed by atoms with van der Waals surface area (Å²) in [5, 5.41) is 11.4. The molecule has 94 valence electrons. The summed E-state index contributed by atoms with van der Waals surface area (Å²) in [5.74, 6) is -0.190. The standard InChI is InChI=1S/C11H12FN5O/c1-6-9(13)10(17-16-6)15-11(18)14-8-4-2-3-7(12)5-8/h2-5H,13H2,1H3,(H3,14,15,16,17,18). The maximum atomic E-state index is 12.9. The Labute approximate surface area is 102 Å². The lowest BCUT2D eigenvalue weighted by atomic mass is 10.3. The molecule has 0 aliphatic rings. The summed E-state index contributed by atoms with van der Waals surface area (Å²) in [7, 11) is 0. The van der Waals surface area contributed by atoms with Crippen molar-refractivity contribution in [3.63, 3.8) is 0 Å². The van der Waals surface area contributed by atoms with Crippen molar-refractivity contribution in [2.45, 2.75) is 6.92 Å². The highest BCUT2D eigenvalue weighted by Crippen LogP contribution is 2.18. The number of H-pyrrole nitrogens is 1. The highest BCUT2D eigenvalue weighted by Gasteiger charge is 2.10. The number of anilines is 3. The first-order chi connectivity index (χ1) is 8.56. The number of benzene rings is 1. The van der Waals surface area contributed by atoms with Crippen molar-refractivity contribution < 1.29 is 9.18 Å². The van der Waals surface area contributed by atoms with E-state index in [0.717, 1.165) is 0 Å². The van der Waals surface area contributed by atoms with Crippen LogP contribution in [0.1, 0.15) is 5.69 Å². The number of amides is 2. The predicted octanol–water partition coefficient (Wildman–Crippen LogP) is 2.08. The number of hydrogen-bond acceptors (Lipinski definition) is 3. The van der Waals surface area contributed by atoms with Crippen LogP contribution < -0.4 is 16.4 Å². The van der Waals surface area contributed by atoms with Gasteiger partial charge < -0.3 is 11.1 Å². The summed E-state index contributed by atoms with van der Waals surface area (Å²) < 4.78 is 12.9. The molecular formula is C11H12FN5O. The fourth-order valence-corrected chi connectivity index (χ4v) is 1.37. The lowest BCUT2D eigenvalue weighted by molar-refractivity contribution is 0.262. The van der Waals surface area contributed by atoms with Crippen LogP contribution in [0, 0.1) is 12.7 Å². The fourth-order valence-electron chi connectivity index (χ4n) is 1.37. The molecule has 0 aliphatic carbocycles. The predicted molar refractivity (Wildman–Crippen MR) is 66.8 cm³/mol. The van der Waals surface area contributed by atoms with E-state index < -0.39 is 11.8 Å². The summed E-state index contributed by atoms with van der Waals surface area (Å²) in [6, 6.07) is 5.02. The molecule has 7 heteroatoms. The van der Waals surface area contributed by atoms with E-state index >= 15 is 0 Å². The van der Waals surface area contributed by atoms with Crippen LogP contribution in [-0.4, -0.2) is 16.2 Å². The normalized spacial score (nSPS) is 10.1. The van der Waals surface area contributed by atoms with Gasteiger partial charge in [0.1, 0.15) is 5.82 Å². The van der Waals surface area contributed by atoms with Crippen LogP contribution in [0.4, 0.5) is 26.4 Å². The molecule has 0 spiro atoms. The van der Waals surface area contributed by atoms with E-state index in [0.29, 0.717) is 17.1 Å². The van der Waals surface area contributed by atoms with Crippen molar-refractivity contribution in [3.05, 3.63) is 35.8 Å². The number of nitrogens with two attached hydrogens (primary N) is 1. The Morgan fingerprint density at radius 3 is 2.83 bits per heavy atom. The molecule has 5 N–H and O–H groups in total. The molecule has 0 atom stereocenters. The Balaban J connectivity index is 2.03. The van der Waals surface area contributed by atoms with E-state index in [2.05, 4.69) is 20.8 Å². The van der Waals surface area contributed by atoms with Gasteiger partial charge in [0.15, 0.2) is 5.82 Å². The van der Waals surface area contributed by atoms with Gasteiger partial charge in [-0.15, -0.1) is 0 Å². The van der Waals surface area contributed by atoms with Crippen LogP contribution >= 0.6 is 0 Å². The molecule has 0 aliphatic heterocycles. The summed E-state index contributed by atoms with van der Waals surface area (Å²) in [5.41, 5.74) is 7.05. The number of nitrogens with zero attached hydrogens (tertiary/aromatic N) is 1. The van der Waals surface area contributed by atoms with Crippen LogP contribution in [0.5, 0.6) is 0 Å². The number of aromatic amines is 1. The molecule has 6 nitrogen and oxygen atoms in total. The molecule has 0 saturated heterocycles. The molecule has 0 unspecified atom stereocenters. The molecule has 18 heavy (non-hydrogen) atoms. The first kappa shape index (κ1) is 11.9. The van der Waals surface area contributed by atoms with Gasteiger partial charge in [-0.25, -0.2) is 9.18 Å². The highest BCUT2D eigenvalue weighted by molar-refractivity contribution is 6.00. The number of nitrogen functional groups attached to an aromatic ring is 1. The molecule has 2 aromatic rings. The minimum atomic E-state index is -0.543. The Hall–Kier alpha value is -2.57. The molecule has 2 amide bonds. The third kappa shape index (κ3) is 2.57. The molecule has 2 rings (SSSR count). The number of aryl methyl sites for hydroxylation is 1. The topological polar surface area (TPSA) is 95.8 Å². The van der Waals surface area contributed by atoms with E-state index in [1.807, 2.05) is 0 Å². The van der Waals surface area contributed by atoms with E-state index in [9.17, 15) is 9.18 Å². The Morgan fingerprint density at radius 1 is 1.44 bits per heavy atom. The molecule has 1 heterocycles. The second kappa shape index (κ2) is 4.74. The van der Waals surface area contributed by atoms with Gasteiger partial charge in [-0.2, -0.15) is 5.10 Å². The average Bonchev–Trinajstić information content (AvgIpc) is 2.61. The number of hydrogen-bond donors (Lipinski definition) is 4. The maximum Gasteiger partial charge on any atom is 0.324 e. The monoisotopic (exact) mass is 249 g/mol. The molecule has 1 aromatic heterocycles. The minimum absolute atomic E-state index is 0.237. The van der Waals surface area contributed by atoms with E-state index in [1.54, 1.807) is 13.0 Å². The van der Waals surface area contributed by atoms with Crippen LogP contribution in [0.2, 0.25) is 0 Å². The molecule has 0 radical (unpaired) electrons. The van der Waals surface area contributed by atoms with Gasteiger partial charge in [0.05, 0.1) is 11.4 Å². The summed E-state index contributed by atoms with van der Waals surface area (Å²) in [4.78, 5) is 11.6. The van der Waals surface area contributed by atoms with Crippen molar-refractivity contribution in [1.29, 1.82) is 0 Å². The van der Waals surface area contributed by atoms with E-state index in [1.165, 1.54) is 18.2 Å². The number of carbonyl (C=O) groups excluding carboxylic acids is 1. The van der Waals surface area contributed by atoms with E-state index in [-0.39, 0.29) is 5.82 Å². The van der Waals surface area contributed by atoms with Crippen LogP contribution in [0.25, 0.3) is 0 Å². The number of urea groups is 1. The SMILES string of the molecule is Cc1[nH]nc(NC(=O)Nc2cccc(F)c2)c1N. The van der Waals surface area contributed by atoms with E-state index in [4.69, 9.17) is 5.73 Å². The van der Waals surface area contributed by atoms with Crippen LogP contribution in [0.15, 0.2) is 24.3 Å². The first-order valence-electron chi connectivity index (χ1n) is 5.20. The minimum Gasteiger partial charge on any atom is -0.394 e. The van der Waals surface area contributed by atoms with Crippen molar-refractivity contribution in [2.75, 3.05) is 16.4 Å². The highest BCUT2D eigenvalue weighted by atomic mass is 19.1. The smallest absolute Gasteiger partial charge is 0.324 e. The van der Waals surface area contributed by atoms with Gasteiger partial charge in [0.2, 0.25) is 0 Å².